The zero-order valence-corrected chi connectivity index (χ0v) is 10.5. The van der Waals surface area contributed by atoms with Crippen molar-refractivity contribution in [3.63, 3.8) is 0 Å². The summed E-state index contributed by atoms with van der Waals surface area (Å²) in [6, 6.07) is 9.59. The third-order valence-corrected chi connectivity index (χ3v) is 2.61. The third-order valence-electron chi connectivity index (χ3n) is 2.61. The molecule has 0 saturated heterocycles. The number of nitriles is 1. The van der Waals surface area contributed by atoms with Gasteiger partial charge >= 0.3 is 0 Å². The lowest BCUT2D eigenvalue weighted by Crippen LogP contribution is -2.13. The Morgan fingerprint density at radius 1 is 1.37 bits per heavy atom. The Morgan fingerprint density at radius 3 is 3.05 bits per heavy atom. The van der Waals surface area contributed by atoms with E-state index in [9.17, 15) is 0 Å². The average Bonchev–Trinajstić information content (AvgIpc) is 2.87. The highest BCUT2D eigenvalue weighted by molar-refractivity contribution is 5.32. The van der Waals surface area contributed by atoms with Gasteiger partial charge in [0, 0.05) is 19.3 Å². The molecule has 0 saturated carbocycles. The van der Waals surface area contributed by atoms with Crippen LogP contribution in [0.3, 0.4) is 0 Å². The Hall–Kier alpha value is -2.23. The molecule has 6 nitrogen and oxygen atoms in total. The summed E-state index contributed by atoms with van der Waals surface area (Å²) in [5, 5.41) is 28.7. The second-order valence-electron chi connectivity index (χ2n) is 4.11. The molecule has 0 radical (unpaired) electrons. The van der Waals surface area contributed by atoms with Crippen LogP contribution in [-0.4, -0.2) is 26.7 Å². The van der Waals surface area contributed by atoms with E-state index in [-0.39, 0.29) is 6.61 Å². The highest BCUT2D eigenvalue weighted by Gasteiger charge is 2.00. The molecule has 2 aromatic rings. The lowest BCUT2D eigenvalue weighted by molar-refractivity contribution is 0.268. The lowest BCUT2D eigenvalue weighted by Gasteiger charge is -2.02. The van der Waals surface area contributed by atoms with Crippen LogP contribution in [0.15, 0.2) is 30.5 Å². The quantitative estimate of drug-likeness (QED) is 0.783. The average molecular weight is 257 g/mol. The largest absolute Gasteiger partial charge is 0.394 e. The maximum atomic E-state index is 8.81. The van der Waals surface area contributed by atoms with Gasteiger partial charge in [-0.05, 0) is 17.7 Å². The van der Waals surface area contributed by atoms with E-state index in [0.29, 0.717) is 25.2 Å². The fourth-order valence-electron chi connectivity index (χ4n) is 1.72. The summed E-state index contributed by atoms with van der Waals surface area (Å²) < 4.78 is 1.60. The van der Waals surface area contributed by atoms with E-state index in [2.05, 4.69) is 21.7 Å². The standard InChI is InChI=1S/C13H15N5O/c14-7-11-2-1-3-12(6-11)8-15-9-13-10-18(4-5-19)17-16-13/h1-3,6,10,15,19H,4-5,8-9H2. The molecule has 2 rings (SSSR count). The highest BCUT2D eigenvalue weighted by atomic mass is 16.3. The molecular formula is C13H15N5O. The number of nitrogens with zero attached hydrogens (tertiary/aromatic N) is 4. The molecule has 0 aliphatic heterocycles. The van der Waals surface area contributed by atoms with Crippen LogP contribution >= 0.6 is 0 Å². The highest BCUT2D eigenvalue weighted by Crippen LogP contribution is 2.04. The fraction of sp³-hybridized carbons (Fsp3) is 0.308. The molecule has 0 amide bonds. The van der Waals surface area contributed by atoms with Crippen LogP contribution in [0, 0.1) is 11.3 Å². The summed E-state index contributed by atoms with van der Waals surface area (Å²) in [5.41, 5.74) is 2.54. The zero-order chi connectivity index (χ0) is 13.5. The zero-order valence-electron chi connectivity index (χ0n) is 10.5. The molecule has 0 aliphatic rings. The van der Waals surface area contributed by atoms with Crippen LogP contribution in [0.25, 0.3) is 0 Å². The minimum Gasteiger partial charge on any atom is -0.394 e. The number of hydrogen-bond donors (Lipinski definition) is 2. The lowest BCUT2D eigenvalue weighted by atomic mass is 10.1. The monoisotopic (exact) mass is 257 g/mol. The van der Waals surface area contributed by atoms with E-state index in [1.807, 2.05) is 18.2 Å². The first-order valence-electron chi connectivity index (χ1n) is 6.01. The van der Waals surface area contributed by atoms with E-state index in [1.54, 1.807) is 16.9 Å². The minimum absolute atomic E-state index is 0.0528. The van der Waals surface area contributed by atoms with Crippen molar-refractivity contribution in [2.45, 2.75) is 19.6 Å². The predicted octanol–water partition coefficient (Wildman–Crippen LogP) is 0.432. The van der Waals surface area contributed by atoms with Crippen molar-refractivity contribution in [3.8, 4) is 6.07 Å². The maximum Gasteiger partial charge on any atom is 0.0991 e. The van der Waals surface area contributed by atoms with Crippen LogP contribution in [0.1, 0.15) is 16.8 Å². The van der Waals surface area contributed by atoms with Crippen LogP contribution in [-0.2, 0) is 19.6 Å². The van der Waals surface area contributed by atoms with E-state index in [0.717, 1.165) is 11.3 Å². The first-order chi connectivity index (χ1) is 9.31. The van der Waals surface area contributed by atoms with Crippen LogP contribution in [0.5, 0.6) is 0 Å². The Morgan fingerprint density at radius 2 is 2.26 bits per heavy atom. The van der Waals surface area contributed by atoms with E-state index in [4.69, 9.17) is 10.4 Å². The van der Waals surface area contributed by atoms with Gasteiger partial charge in [-0.3, -0.25) is 0 Å². The first kappa shape index (κ1) is 13.2. The number of aliphatic hydroxyl groups is 1. The van der Waals surface area contributed by atoms with Crippen molar-refractivity contribution in [2.75, 3.05) is 6.61 Å². The van der Waals surface area contributed by atoms with Crippen LogP contribution in [0.2, 0.25) is 0 Å². The van der Waals surface area contributed by atoms with Gasteiger partial charge in [-0.2, -0.15) is 5.26 Å². The second-order valence-corrected chi connectivity index (χ2v) is 4.11. The second kappa shape index (κ2) is 6.64. The summed E-state index contributed by atoms with van der Waals surface area (Å²) in [5.74, 6) is 0. The van der Waals surface area contributed by atoms with Crippen LogP contribution < -0.4 is 5.32 Å². The molecule has 1 aromatic carbocycles. The number of benzene rings is 1. The molecule has 1 aromatic heterocycles. The summed E-state index contributed by atoms with van der Waals surface area (Å²) in [6.45, 7) is 1.78. The molecule has 0 fully saturated rings. The Labute approximate surface area is 111 Å². The maximum absolute atomic E-state index is 8.81. The van der Waals surface area contributed by atoms with Gasteiger partial charge in [0.1, 0.15) is 0 Å². The van der Waals surface area contributed by atoms with Crippen LogP contribution in [0.4, 0.5) is 0 Å². The molecule has 0 bridgehead atoms. The molecule has 1 heterocycles. The molecule has 0 atom stereocenters. The third kappa shape index (κ3) is 3.88. The molecular weight excluding hydrogens is 242 g/mol. The number of hydrogen-bond acceptors (Lipinski definition) is 5. The smallest absolute Gasteiger partial charge is 0.0991 e. The fourth-order valence-corrected chi connectivity index (χ4v) is 1.72. The van der Waals surface area contributed by atoms with E-state index < -0.39 is 0 Å². The molecule has 0 unspecified atom stereocenters. The van der Waals surface area contributed by atoms with Gasteiger partial charge in [-0.1, -0.05) is 17.3 Å². The van der Waals surface area contributed by atoms with Crippen molar-refractivity contribution in [2.24, 2.45) is 0 Å². The SMILES string of the molecule is N#Cc1cccc(CNCc2cn(CCO)nn2)c1. The van der Waals surface area contributed by atoms with Gasteiger partial charge in [0.2, 0.25) is 0 Å². The molecule has 0 aliphatic carbocycles. The molecule has 98 valence electrons. The normalized spacial score (nSPS) is 10.3. The topological polar surface area (TPSA) is 86.8 Å². The van der Waals surface area contributed by atoms with Gasteiger partial charge in [0.05, 0.1) is 30.5 Å². The Bertz CT molecular complexity index is 572. The molecule has 6 heteroatoms. The number of rotatable bonds is 6. The minimum atomic E-state index is 0.0528. The van der Waals surface area contributed by atoms with Gasteiger partial charge < -0.3 is 10.4 Å². The van der Waals surface area contributed by atoms with Gasteiger partial charge in [-0.15, -0.1) is 5.10 Å². The summed E-state index contributed by atoms with van der Waals surface area (Å²) in [4.78, 5) is 0. The predicted molar refractivity (Wildman–Crippen MR) is 68.8 cm³/mol. The van der Waals surface area contributed by atoms with Crippen molar-refractivity contribution in [3.05, 3.63) is 47.3 Å². The van der Waals surface area contributed by atoms with E-state index >= 15 is 0 Å². The number of aromatic nitrogens is 3. The van der Waals surface area contributed by atoms with Gasteiger partial charge in [0.15, 0.2) is 0 Å². The van der Waals surface area contributed by atoms with Gasteiger partial charge in [-0.25, -0.2) is 4.68 Å². The molecule has 2 N–H and O–H groups in total. The first-order valence-corrected chi connectivity index (χ1v) is 6.01. The molecule has 19 heavy (non-hydrogen) atoms. The van der Waals surface area contributed by atoms with Crippen molar-refractivity contribution < 1.29 is 5.11 Å². The van der Waals surface area contributed by atoms with E-state index in [1.165, 1.54) is 0 Å². The number of aliphatic hydroxyl groups excluding tert-OH is 1. The Balaban J connectivity index is 1.83. The van der Waals surface area contributed by atoms with Gasteiger partial charge in [0.25, 0.3) is 0 Å². The number of nitrogens with one attached hydrogen (secondary N) is 1. The summed E-state index contributed by atoms with van der Waals surface area (Å²) in [6.07, 6.45) is 1.80. The summed E-state index contributed by atoms with van der Waals surface area (Å²) in [7, 11) is 0. The van der Waals surface area contributed by atoms with Crippen molar-refractivity contribution >= 4 is 0 Å². The summed E-state index contributed by atoms with van der Waals surface area (Å²) >= 11 is 0. The van der Waals surface area contributed by atoms with Crippen molar-refractivity contribution in [1.29, 1.82) is 5.26 Å². The Kier molecular flexibility index (Phi) is 4.61. The van der Waals surface area contributed by atoms with Crippen molar-refractivity contribution in [1.82, 2.24) is 20.3 Å². The molecule has 0 spiro atoms.